The maximum Gasteiger partial charge on any atom is 0.253 e. The number of hydrogen-bond donors (Lipinski definition) is 2. The molecule has 7 heteroatoms. The van der Waals surface area contributed by atoms with Crippen molar-refractivity contribution in [2.45, 2.75) is 58.1 Å². The summed E-state index contributed by atoms with van der Waals surface area (Å²) in [5.74, 6) is 2.50. The van der Waals surface area contributed by atoms with Gasteiger partial charge in [0.1, 0.15) is 6.10 Å². The van der Waals surface area contributed by atoms with E-state index in [9.17, 15) is 4.79 Å². The lowest BCUT2D eigenvalue weighted by molar-refractivity contribution is -0.124. The predicted molar refractivity (Wildman–Crippen MR) is 133 cm³/mol. The molecule has 2 N–H and O–H groups in total. The number of aliphatic imine (C=N–C) groups is 1. The van der Waals surface area contributed by atoms with Gasteiger partial charge in [0.25, 0.3) is 5.91 Å². The monoisotopic (exact) mass is 528 g/mol. The summed E-state index contributed by atoms with van der Waals surface area (Å²) in [5, 5.41) is 6.43. The highest BCUT2D eigenvalue weighted by molar-refractivity contribution is 14.0. The van der Waals surface area contributed by atoms with Crippen molar-refractivity contribution in [3.63, 3.8) is 0 Å². The average molecular weight is 528 g/mol. The number of nitrogens with zero attached hydrogens (tertiary/aromatic N) is 2. The van der Waals surface area contributed by atoms with E-state index in [1.807, 2.05) is 25.2 Å². The highest BCUT2D eigenvalue weighted by Crippen LogP contribution is 2.28. The van der Waals surface area contributed by atoms with Crippen LogP contribution in [0.15, 0.2) is 29.3 Å². The van der Waals surface area contributed by atoms with Crippen LogP contribution in [-0.4, -0.2) is 50.1 Å². The van der Waals surface area contributed by atoms with Gasteiger partial charge in [-0.25, -0.2) is 0 Å². The molecule has 0 radical (unpaired) electrons. The number of halogens is 1. The number of nitrogens with one attached hydrogen (secondary N) is 2. The highest BCUT2D eigenvalue weighted by Gasteiger charge is 2.23. The summed E-state index contributed by atoms with van der Waals surface area (Å²) in [6, 6.07) is 7.96. The number of amides is 1. The quantitative estimate of drug-likeness (QED) is 0.329. The summed E-state index contributed by atoms with van der Waals surface area (Å²) in [4.78, 5) is 19.0. The molecule has 0 aromatic heterocycles. The van der Waals surface area contributed by atoms with Crippen molar-refractivity contribution in [2.24, 2.45) is 16.8 Å². The first kappa shape index (κ1) is 24.9. The molecule has 1 amide bonds. The normalized spacial score (nSPS) is 24.1. The van der Waals surface area contributed by atoms with Crippen molar-refractivity contribution >= 4 is 41.5 Å². The van der Waals surface area contributed by atoms with Crippen LogP contribution in [0.1, 0.15) is 51.0 Å². The Morgan fingerprint density at radius 3 is 2.67 bits per heavy atom. The lowest BCUT2D eigenvalue weighted by Crippen LogP contribution is -2.41. The molecule has 1 saturated heterocycles. The lowest BCUT2D eigenvalue weighted by atomic mass is 9.83. The maximum atomic E-state index is 12.3. The third-order valence-electron chi connectivity index (χ3n) is 6.11. The van der Waals surface area contributed by atoms with E-state index in [1.165, 1.54) is 25.7 Å². The summed E-state index contributed by atoms with van der Waals surface area (Å²) >= 11 is 0. The zero-order chi connectivity index (χ0) is 20.6. The number of guanidine groups is 1. The summed E-state index contributed by atoms with van der Waals surface area (Å²) in [6.45, 7) is 4.75. The second-order valence-electron chi connectivity index (χ2n) is 8.60. The molecule has 1 atom stereocenters. The fourth-order valence-electron chi connectivity index (χ4n) is 4.32. The van der Waals surface area contributed by atoms with Gasteiger partial charge in [0.2, 0.25) is 0 Å². The second-order valence-corrected chi connectivity index (χ2v) is 8.60. The Hall–Kier alpha value is -1.35. The van der Waals surface area contributed by atoms with E-state index in [4.69, 9.17) is 4.74 Å². The Bertz CT molecular complexity index is 698. The van der Waals surface area contributed by atoms with Gasteiger partial charge in [0.15, 0.2) is 5.96 Å². The molecule has 0 spiro atoms. The van der Waals surface area contributed by atoms with Gasteiger partial charge in [0, 0.05) is 39.5 Å². The van der Waals surface area contributed by atoms with E-state index in [2.05, 4.69) is 40.6 Å². The molecule has 1 aromatic rings. The molecule has 1 aliphatic carbocycles. The standard InChI is InChI=1S/C23H36N4O2.HI/c1-17-9-11-18(12-10-17)16-27(3)23(24-2)25-15-19-6-4-7-20(14-19)26-22(28)21-8-5-13-29-21;/h4,6-7,14,17-18,21H,5,8-13,15-16H2,1-3H3,(H,24,25)(H,26,28);1H. The van der Waals surface area contributed by atoms with Gasteiger partial charge >= 0.3 is 0 Å². The zero-order valence-electron chi connectivity index (χ0n) is 18.5. The van der Waals surface area contributed by atoms with E-state index in [1.54, 1.807) is 0 Å². The predicted octanol–water partition coefficient (Wildman–Crippen LogP) is 4.26. The number of ether oxygens (including phenoxy) is 1. The molecule has 1 heterocycles. The number of carbonyl (C=O) groups excluding carboxylic acids is 1. The van der Waals surface area contributed by atoms with Crippen LogP contribution in [-0.2, 0) is 16.1 Å². The molecule has 0 bridgehead atoms. The molecule has 1 saturated carbocycles. The fraction of sp³-hybridized carbons (Fsp3) is 0.652. The minimum atomic E-state index is -0.313. The number of rotatable bonds is 6. The number of hydrogen-bond acceptors (Lipinski definition) is 3. The van der Waals surface area contributed by atoms with E-state index < -0.39 is 0 Å². The van der Waals surface area contributed by atoms with Crippen molar-refractivity contribution in [3.05, 3.63) is 29.8 Å². The third-order valence-corrected chi connectivity index (χ3v) is 6.11. The number of benzene rings is 1. The molecule has 2 fully saturated rings. The topological polar surface area (TPSA) is 66.0 Å². The minimum absolute atomic E-state index is 0. The zero-order valence-corrected chi connectivity index (χ0v) is 20.9. The van der Waals surface area contributed by atoms with Crippen molar-refractivity contribution < 1.29 is 9.53 Å². The number of carbonyl (C=O) groups is 1. The van der Waals surface area contributed by atoms with E-state index in [0.717, 1.165) is 48.4 Å². The molecule has 1 aliphatic heterocycles. The van der Waals surface area contributed by atoms with Crippen molar-refractivity contribution in [3.8, 4) is 0 Å². The summed E-state index contributed by atoms with van der Waals surface area (Å²) < 4.78 is 5.46. The van der Waals surface area contributed by atoms with Crippen molar-refractivity contribution in [1.29, 1.82) is 0 Å². The molecule has 2 aliphatic rings. The van der Waals surface area contributed by atoms with Crippen LogP contribution in [0.2, 0.25) is 0 Å². The second kappa shape index (κ2) is 12.5. The molecular weight excluding hydrogens is 491 g/mol. The Kier molecular flexibility index (Phi) is 10.4. The van der Waals surface area contributed by atoms with Gasteiger partial charge in [0.05, 0.1) is 0 Å². The summed E-state index contributed by atoms with van der Waals surface area (Å²) in [7, 11) is 3.95. The molecule has 6 nitrogen and oxygen atoms in total. The Morgan fingerprint density at radius 1 is 1.23 bits per heavy atom. The fourth-order valence-corrected chi connectivity index (χ4v) is 4.32. The van der Waals surface area contributed by atoms with Crippen LogP contribution >= 0.6 is 24.0 Å². The van der Waals surface area contributed by atoms with Crippen molar-refractivity contribution in [1.82, 2.24) is 10.2 Å². The van der Waals surface area contributed by atoms with Gasteiger partial charge in [-0.05, 0) is 55.2 Å². The first-order valence-electron chi connectivity index (χ1n) is 11.0. The van der Waals surface area contributed by atoms with E-state index in [-0.39, 0.29) is 36.0 Å². The lowest BCUT2D eigenvalue weighted by Gasteiger charge is -2.31. The van der Waals surface area contributed by atoms with Crippen LogP contribution in [0.25, 0.3) is 0 Å². The third kappa shape index (κ3) is 7.41. The molecule has 1 unspecified atom stereocenters. The first-order chi connectivity index (χ1) is 14.0. The average Bonchev–Trinajstić information content (AvgIpc) is 3.26. The van der Waals surface area contributed by atoms with E-state index >= 15 is 0 Å². The van der Waals surface area contributed by atoms with Crippen molar-refractivity contribution in [2.75, 3.05) is 32.6 Å². The smallest absolute Gasteiger partial charge is 0.253 e. The largest absolute Gasteiger partial charge is 0.368 e. The molecular formula is C23H37IN4O2. The number of anilines is 1. The Morgan fingerprint density at radius 2 is 2.00 bits per heavy atom. The molecule has 168 valence electrons. The highest BCUT2D eigenvalue weighted by atomic mass is 127. The summed E-state index contributed by atoms with van der Waals surface area (Å²) in [6.07, 6.45) is 6.75. The SMILES string of the molecule is CN=C(NCc1cccc(NC(=O)C2CCCO2)c1)N(C)CC1CCC(C)CC1.I. The maximum absolute atomic E-state index is 12.3. The van der Waals surface area contributed by atoms with Gasteiger partial charge in [-0.15, -0.1) is 24.0 Å². The van der Waals surface area contributed by atoms with Crippen LogP contribution < -0.4 is 10.6 Å². The summed E-state index contributed by atoms with van der Waals surface area (Å²) in [5.41, 5.74) is 1.92. The first-order valence-corrected chi connectivity index (χ1v) is 11.0. The van der Waals surface area contributed by atoms with Gasteiger partial charge < -0.3 is 20.3 Å². The van der Waals surface area contributed by atoms with E-state index in [0.29, 0.717) is 13.2 Å². The van der Waals surface area contributed by atoms with Crippen LogP contribution in [0, 0.1) is 11.8 Å². The Balaban J connectivity index is 0.00000320. The minimum Gasteiger partial charge on any atom is -0.368 e. The van der Waals surface area contributed by atoms with Gasteiger partial charge in [-0.3, -0.25) is 9.79 Å². The van der Waals surface area contributed by atoms with Gasteiger partial charge in [-0.2, -0.15) is 0 Å². The molecule has 30 heavy (non-hydrogen) atoms. The van der Waals surface area contributed by atoms with Crippen LogP contribution in [0.5, 0.6) is 0 Å². The van der Waals surface area contributed by atoms with Crippen LogP contribution in [0.3, 0.4) is 0 Å². The molecule has 3 rings (SSSR count). The Labute approximate surface area is 198 Å². The van der Waals surface area contributed by atoms with Crippen LogP contribution in [0.4, 0.5) is 5.69 Å². The molecule has 1 aromatic carbocycles. The van der Waals surface area contributed by atoms with Gasteiger partial charge in [-0.1, -0.05) is 31.9 Å².